The summed E-state index contributed by atoms with van der Waals surface area (Å²) >= 11 is 0. The van der Waals surface area contributed by atoms with Crippen molar-refractivity contribution in [3.05, 3.63) is 48.5 Å². The summed E-state index contributed by atoms with van der Waals surface area (Å²) in [5.41, 5.74) is 0.719. The van der Waals surface area contributed by atoms with Gasteiger partial charge in [0.05, 0.1) is 11.1 Å². The van der Waals surface area contributed by atoms with Crippen LogP contribution in [0.1, 0.15) is 31.4 Å². The number of halogens is 9. The molecule has 1 amide bonds. The number of fused-ring (bicyclic) bond motifs is 1. The first kappa shape index (κ1) is 42.4. The molecule has 0 bridgehead atoms. The lowest BCUT2D eigenvalue weighted by Crippen LogP contribution is -2.48. The molecule has 4 N–H and O–H groups in total. The van der Waals surface area contributed by atoms with Gasteiger partial charge in [-0.2, -0.15) is 39.5 Å². The fourth-order valence-corrected chi connectivity index (χ4v) is 5.09. The second-order valence-corrected chi connectivity index (χ2v) is 11.5. The summed E-state index contributed by atoms with van der Waals surface area (Å²) < 4.78 is 95.2. The Bertz CT molecular complexity index is 1390. The van der Waals surface area contributed by atoms with Gasteiger partial charge in [-0.15, -0.1) is 0 Å². The highest BCUT2D eigenvalue weighted by Gasteiger charge is 2.53. The van der Waals surface area contributed by atoms with E-state index in [0.717, 1.165) is 57.2 Å². The van der Waals surface area contributed by atoms with Gasteiger partial charge in [0.2, 0.25) is 11.9 Å². The zero-order chi connectivity index (χ0) is 38.6. The molecule has 284 valence electrons. The molecule has 0 spiro atoms. The third-order valence-corrected chi connectivity index (χ3v) is 7.65. The van der Waals surface area contributed by atoms with Gasteiger partial charge in [0, 0.05) is 57.2 Å². The number of rotatable bonds is 6. The Hall–Kier alpha value is -4.76. The van der Waals surface area contributed by atoms with Crippen LogP contribution >= 0.6 is 0 Å². The lowest BCUT2D eigenvalue weighted by Gasteiger charge is -2.32. The molecule has 0 unspecified atom stereocenters. The van der Waals surface area contributed by atoms with Crippen molar-refractivity contribution in [3.8, 4) is 0 Å². The number of likely N-dealkylation sites (tertiary alicyclic amines) is 1. The zero-order valence-corrected chi connectivity index (χ0v) is 26.4. The van der Waals surface area contributed by atoms with E-state index in [9.17, 15) is 44.3 Å². The van der Waals surface area contributed by atoms with Crippen molar-refractivity contribution in [2.75, 3.05) is 37.6 Å². The van der Waals surface area contributed by atoms with Gasteiger partial charge in [-0.1, -0.05) is 6.07 Å². The number of aromatic nitrogens is 3. The quantitative estimate of drug-likeness (QED) is 0.312. The van der Waals surface area contributed by atoms with Crippen molar-refractivity contribution in [3.63, 3.8) is 0 Å². The number of hydrogen-bond acceptors (Lipinski definition) is 9. The predicted octanol–water partition coefficient (Wildman–Crippen LogP) is 4.02. The van der Waals surface area contributed by atoms with Crippen molar-refractivity contribution in [1.82, 2.24) is 25.2 Å². The Balaban J connectivity index is 0.000000352. The fourth-order valence-electron chi connectivity index (χ4n) is 5.09. The van der Waals surface area contributed by atoms with Crippen molar-refractivity contribution in [1.29, 1.82) is 0 Å². The zero-order valence-electron chi connectivity index (χ0n) is 26.4. The number of pyridine rings is 1. The smallest absolute Gasteiger partial charge is 0.475 e. The molecular formula is C29H33F9N6O7. The molecule has 4 heterocycles. The summed E-state index contributed by atoms with van der Waals surface area (Å²) in [6, 6.07) is 7.92. The number of nitrogens with one attached hydrogen (secondary N) is 1. The Morgan fingerprint density at radius 3 is 1.75 bits per heavy atom. The number of hydrogen-bond donors (Lipinski definition) is 4. The van der Waals surface area contributed by atoms with E-state index in [-0.39, 0.29) is 17.2 Å². The molecule has 2 saturated heterocycles. The summed E-state index contributed by atoms with van der Waals surface area (Å²) in [6.07, 6.45) is -5.41. The molecule has 1 aliphatic carbocycles. The Labute approximate surface area is 283 Å². The molecule has 3 aliphatic rings. The first-order valence-corrected chi connectivity index (χ1v) is 14.9. The van der Waals surface area contributed by atoms with Crippen molar-refractivity contribution in [2.45, 2.75) is 50.8 Å². The maximum atomic E-state index is 13.5. The molecule has 2 aromatic heterocycles. The molecule has 0 radical (unpaired) electrons. The molecule has 1 saturated carbocycles. The molecule has 22 heteroatoms. The van der Waals surface area contributed by atoms with Crippen molar-refractivity contribution in [2.24, 2.45) is 17.3 Å². The van der Waals surface area contributed by atoms with Crippen molar-refractivity contribution < 1.29 is 74.0 Å². The van der Waals surface area contributed by atoms with Gasteiger partial charge in [0.15, 0.2) is 0 Å². The highest BCUT2D eigenvalue weighted by Crippen LogP contribution is 2.44. The average molecular weight is 749 g/mol. The molecule has 2 aliphatic heterocycles. The number of amides is 1. The van der Waals surface area contributed by atoms with E-state index in [0.29, 0.717) is 12.5 Å². The maximum absolute atomic E-state index is 13.5. The van der Waals surface area contributed by atoms with Gasteiger partial charge in [0.25, 0.3) is 0 Å². The van der Waals surface area contributed by atoms with E-state index < -0.39 is 36.4 Å². The predicted molar refractivity (Wildman–Crippen MR) is 156 cm³/mol. The molecule has 5 rings (SSSR count). The number of carboxylic acid groups (broad SMARTS) is 3. The second kappa shape index (κ2) is 17.9. The molecule has 2 atom stereocenters. The molecule has 13 nitrogen and oxygen atoms in total. The van der Waals surface area contributed by atoms with Crippen LogP contribution in [0.25, 0.3) is 0 Å². The van der Waals surface area contributed by atoms with E-state index in [1.165, 1.54) is 12.8 Å². The number of alkyl halides is 9. The molecule has 3 fully saturated rings. The lowest BCUT2D eigenvalue weighted by atomic mass is 9.74. The monoisotopic (exact) mass is 748 g/mol. The van der Waals surface area contributed by atoms with Crippen LogP contribution in [0.5, 0.6) is 0 Å². The Morgan fingerprint density at radius 2 is 1.29 bits per heavy atom. The average Bonchev–Trinajstić information content (AvgIpc) is 3.83. The molecule has 0 aromatic carbocycles. The van der Waals surface area contributed by atoms with E-state index in [4.69, 9.17) is 29.7 Å². The van der Waals surface area contributed by atoms with Gasteiger partial charge in [-0.05, 0) is 56.3 Å². The molecular weight excluding hydrogens is 715 g/mol. The standard InChI is InChI=1S/C23H30N6O.3C2HF3O2/c30-21(27-13-18-6-7-18)23-8-3-12-28(16-20-5-1-2-9-24-20)14-19(23)15-29(17-23)22-25-10-4-11-26-22;3*3-2(4,5)1(6)7/h1-2,4-5,9-11,18-19H,3,6-8,12-17H2,(H,27,30);3*(H,6,7)/t19-,23-;;;/m0.../s1. The summed E-state index contributed by atoms with van der Waals surface area (Å²) in [7, 11) is 0. The summed E-state index contributed by atoms with van der Waals surface area (Å²) in [6.45, 7) is 5.09. The van der Waals surface area contributed by atoms with Gasteiger partial charge < -0.3 is 25.5 Å². The topological polar surface area (TPSA) is 186 Å². The summed E-state index contributed by atoms with van der Waals surface area (Å²) in [5.74, 6) is -6.36. The van der Waals surface area contributed by atoms with E-state index in [1.807, 2.05) is 24.4 Å². The van der Waals surface area contributed by atoms with Crippen LogP contribution in [-0.4, -0.2) is 110 Å². The Morgan fingerprint density at radius 1 is 0.784 bits per heavy atom. The summed E-state index contributed by atoms with van der Waals surface area (Å²) in [4.78, 5) is 58.3. The SMILES string of the molecule is O=C(NCC1CC1)[C@]12CCCN(Cc3ccccn3)C[C@H]1CN(c1ncccn1)C2.O=C(O)C(F)(F)F.O=C(O)C(F)(F)F.O=C(O)C(F)(F)F. The number of carbonyl (C=O) groups is 4. The minimum Gasteiger partial charge on any atom is -0.475 e. The number of carbonyl (C=O) groups excluding carboxylic acids is 1. The van der Waals surface area contributed by atoms with Crippen LogP contribution in [0.3, 0.4) is 0 Å². The molecule has 51 heavy (non-hydrogen) atoms. The third-order valence-electron chi connectivity index (χ3n) is 7.65. The van der Waals surface area contributed by atoms with Gasteiger partial charge in [0.1, 0.15) is 0 Å². The van der Waals surface area contributed by atoms with Crippen LogP contribution in [0.15, 0.2) is 42.9 Å². The van der Waals surface area contributed by atoms with Crippen LogP contribution in [0, 0.1) is 17.3 Å². The Kier molecular flexibility index (Phi) is 14.9. The van der Waals surface area contributed by atoms with E-state index in [2.05, 4.69) is 36.1 Å². The largest absolute Gasteiger partial charge is 0.490 e. The van der Waals surface area contributed by atoms with E-state index in [1.54, 1.807) is 12.4 Å². The first-order valence-electron chi connectivity index (χ1n) is 14.9. The molecule has 2 aromatic rings. The number of anilines is 1. The van der Waals surface area contributed by atoms with Gasteiger partial charge in [-0.3, -0.25) is 14.7 Å². The first-order chi connectivity index (χ1) is 23.6. The van der Waals surface area contributed by atoms with Crippen LogP contribution in [0.4, 0.5) is 45.5 Å². The second-order valence-electron chi connectivity index (χ2n) is 11.5. The van der Waals surface area contributed by atoms with Gasteiger partial charge in [-0.25, -0.2) is 24.4 Å². The minimum atomic E-state index is -5.08. The summed E-state index contributed by atoms with van der Waals surface area (Å²) in [5, 5.41) is 24.7. The maximum Gasteiger partial charge on any atom is 0.490 e. The van der Waals surface area contributed by atoms with Gasteiger partial charge >= 0.3 is 36.4 Å². The van der Waals surface area contributed by atoms with Crippen LogP contribution < -0.4 is 10.2 Å². The minimum absolute atomic E-state index is 0.234. The lowest BCUT2D eigenvalue weighted by molar-refractivity contribution is -0.193. The number of aliphatic carboxylic acids is 3. The third kappa shape index (κ3) is 14.2. The van der Waals surface area contributed by atoms with Crippen LogP contribution in [0.2, 0.25) is 0 Å². The van der Waals surface area contributed by atoms with Crippen molar-refractivity contribution >= 4 is 29.8 Å². The number of carboxylic acids is 3. The highest BCUT2D eigenvalue weighted by atomic mass is 19.4. The highest BCUT2D eigenvalue weighted by molar-refractivity contribution is 5.84. The van der Waals surface area contributed by atoms with Crippen LogP contribution in [-0.2, 0) is 25.7 Å². The number of nitrogens with zero attached hydrogens (tertiary/aromatic N) is 5. The normalized spacial score (nSPS) is 20.4. The fraction of sp³-hybridized carbons (Fsp3) is 0.552. The van der Waals surface area contributed by atoms with E-state index >= 15 is 0 Å².